The third-order valence-electron chi connectivity index (χ3n) is 4.11. The minimum atomic E-state index is -0.421. The highest BCUT2D eigenvalue weighted by Gasteiger charge is 2.16. The Kier molecular flexibility index (Phi) is 6.24. The number of nitrogens with zero attached hydrogens (tertiary/aromatic N) is 2. The van der Waals surface area contributed by atoms with Gasteiger partial charge in [0, 0.05) is 31.2 Å². The number of aromatic nitrogens is 2. The number of ether oxygens (including phenoxy) is 2. The molecule has 0 atom stereocenters. The molecule has 0 bridgehead atoms. The summed E-state index contributed by atoms with van der Waals surface area (Å²) in [6, 6.07) is 14.8. The van der Waals surface area contributed by atoms with E-state index in [1.165, 1.54) is 18.5 Å². The van der Waals surface area contributed by atoms with Crippen LogP contribution in [0, 0.1) is 0 Å². The number of hydrogen-bond acceptors (Lipinski definition) is 5. The van der Waals surface area contributed by atoms with Crippen LogP contribution in [0.5, 0.6) is 11.5 Å². The maximum Gasteiger partial charge on any atom is 0.308 e. The molecule has 0 aliphatic heterocycles. The number of carbonyl (C=O) groups is 2. The maximum absolute atomic E-state index is 11.9. The number of benzene rings is 2. The number of rotatable bonds is 6. The number of para-hydroxylation sites is 1. The summed E-state index contributed by atoms with van der Waals surface area (Å²) in [7, 11) is 0. The van der Waals surface area contributed by atoms with E-state index in [4.69, 9.17) is 9.47 Å². The molecular formula is C23H22N2O4. The van der Waals surface area contributed by atoms with Crippen molar-refractivity contribution in [2.24, 2.45) is 0 Å². The van der Waals surface area contributed by atoms with E-state index in [9.17, 15) is 9.59 Å². The van der Waals surface area contributed by atoms with Gasteiger partial charge in [-0.05, 0) is 36.8 Å². The number of hydrogen-bond donors (Lipinski definition) is 0. The second kappa shape index (κ2) is 9.01. The van der Waals surface area contributed by atoms with E-state index in [0.717, 1.165) is 16.9 Å². The quantitative estimate of drug-likeness (QED) is 0.450. The van der Waals surface area contributed by atoms with Gasteiger partial charge in [-0.1, -0.05) is 36.4 Å². The molecule has 1 heterocycles. The highest BCUT2D eigenvalue weighted by Crippen LogP contribution is 2.32. The van der Waals surface area contributed by atoms with Crippen molar-refractivity contribution in [3.8, 4) is 22.8 Å². The number of esters is 1. The van der Waals surface area contributed by atoms with Crippen LogP contribution >= 0.6 is 0 Å². The van der Waals surface area contributed by atoms with Crippen LogP contribution in [0.3, 0.4) is 0 Å². The highest BCUT2D eigenvalue weighted by atomic mass is 16.5. The molecule has 0 spiro atoms. The molecule has 6 nitrogen and oxygen atoms in total. The zero-order valence-corrected chi connectivity index (χ0v) is 16.6. The van der Waals surface area contributed by atoms with Gasteiger partial charge in [0.25, 0.3) is 0 Å². The van der Waals surface area contributed by atoms with Gasteiger partial charge in [-0.15, -0.1) is 0 Å². The van der Waals surface area contributed by atoms with Gasteiger partial charge in [0.2, 0.25) is 5.91 Å². The summed E-state index contributed by atoms with van der Waals surface area (Å²) in [5.41, 5.74) is 2.89. The molecule has 0 saturated carbocycles. The van der Waals surface area contributed by atoms with Gasteiger partial charge in [-0.25, -0.2) is 4.68 Å². The molecule has 0 aliphatic carbocycles. The first-order valence-electron chi connectivity index (χ1n) is 9.27. The molecule has 1 aromatic heterocycles. The van der Waals surface area contributed by atoms with Gasteiger partial charge in [-0.3, -0.25) is 9.59 Å². The largest absolute Gasteiger partial charge is 0.494 e. The van der Waals surface area contributed by atoms with Crippen LogP contribution in [0.2, 0.25) is 0 Å². The van der Waals surface area contributed by atoms with Gasteiger partial charge in [0.1, 0.15) is 17.2 Å². The lowest BCUT2D eigenvalue weighted by Gasteiger charge is -2.07. The molecule has 29 heavy (non-hydrogen) atoms. The lowest BCUT2D eigenvalue weighted by atomic mass is 10.1. The minimum absolute atomic E-state index is 0.211. The summed E-state index contributed by atoms with van der Waals surface area (Å²) >= 11 is 0. The van der Waals surface area contributed by atoms with Crippen molar-refractivity contribution >= 4 is 24.0 Å². The van der Waals surface area contributed by atoms with Crippen molar-refractivity contribution in [1.29, 1.82) is 0 Å². The second-order valence-corrected chi connectivity index (χ2v) is 6.32. The molecule has 0 saturated heterocycles. The van der Waals surface area contributed by atoms with E-state index < -0.39 is 5.97 Å². The summed E-state index contributed by atoms with van der Waals surface area (Å²) < 4.78 is 12.0. The zero-order valence-electron chi connectivity index (χ0n) is 16.6. The molecule has 0 unspecified atom stereocenters. The van der Waals surface area contributed by atoms with Crippen molar-refractivity contribution in [3.05, 3.63) is 65.9 Å². The normalized spacial score (nSPS) is 10.9. The molecule has 0 fully saturated rings. The lowest BCUT2D eigenvalue weighted by molar-refractivity contribution is -0.131. The number of carbonyl (C=O) groups excluding carboxylic acids is 2. The Balaban J connectivity index is 1.99. The summed E-state index contributed by atoms with van der Waals surface area (Å²) in [4.78, 5) is 23.3. The Bertz CT molecular complexity index is 1050. The van der Waals surface area contributed by atoms with E-state index >= 15 is 0 Å². The van der Waals surface area contributed by atoms with E-state index in [0.29, 0.717) is 23.6 Å². The SMILES string of the molecule is CCOc1ccc(/C=C\c2cn(C(C)=O)nc2-c2ccccc2OC(C)=O)cc1. The van der Waals surface area contributed by atoms with Crippen molar-refractivity contribution < 1.29 is 19.1 Å². The van der Waals surface area contributed by atoms with E-state index in [1.54, 1.807) is 24.4 Å². The first-order chi connectivity index (χ1) is 14.0. The average Bonchev–Trinajstić information content (AvgIpc) is 3.12. The molecule has 3 aromatic rings. The molecular weight excluding hydrogens is 368 g/mol. The molecule has 3 rings (SSSR count). The standard InChI is InChI=1S/C23H22N2O4/c1-4-28-20-13-10-18(11-14-20)9-12-19-15-25(16(2)26)24-23(19)21-7-5-6-8-22(21)29-17(3)27/h5-15H,4H2,1-3H3/b12-9-. The van der Waals surface area contributed by atoms with Crippen LogP contribution in [0.1, 0.15) is 36.7 Å². The van der Waals surface area contributed by atoms with Gasteiger partial charge in [-0.2, -0.15) is 5.10 Å². The Morgan fingerprint density at radius 2 is 1.76 bits per heavy atom. The highest BCUT2D eigenvalue weighted by molar-refractivity contribution is 5.85. The van der Waals surface area contributed by atoms with Gasteiger partial charge in [0.05, 0.1) is 6.61 Å². The van der Waals surface area contributed by atoms with Crippen molar-refractivity contribution in [2.75, 3.05) is 6.61 Å². The second-order valence-electron chi connectivity index (χ2n) is 6.32. The third-order valence-corrected chi connectivity index (χ3v) is 4.11. The monoisotopic (exact) mass is 390 g/mol. The smallest absolute Gasteiger partial charge is 0.308 e. The lowest BCUT2D eigenvalue weighted by Crippen LogP contribution is -2.06. The topological polar surface area (TPSA) is 70.4 Å². The summed E-state index contributed by atoms with van der Waals surface area (Å²) in [5.74, 6) is 0.571. The summed E-state index contributed by atoms with van der Waals surface area (Å²) in [6.07, 6.45) is 5.46. The molecule has 0 radical (unpaired) electrons. The fourth-order valence-electron chi connectivity index (χ4n) is 2.81. The Morgan fingerprint density at radius 3 is 2.41 bits per heavy atom. The molecule has 0 aliphatic rings. The predicted molar refractivity (Wildman–Crippen MR) is 112 cm³/mol. The molecule has 0 amide bonds. The van der Waals surface area contributed by atoms with E-state index in [2.05, 4.69) is 5.10 Å². The van der Waals surface area contributed by atoms with Gasteiger partial charge in [0.15, 0.2) is 0 Å². The van der Waals surface area contributed by atoms with Crippen LogP contribution in [0.4, 0.5) is 0 Å². The van der Waals surface area contributed by atoms with Crippen molar-refractivity contribution in [2.45, 2.75) is 20.8 Å². The zero-order chi connectivity index (χ0) is 20.8. The summed E-state index contributed by atoms with van der Waals surface area (Å²) in [6.45, 7) is 5.34. The third kappa shape index (κ3) is 4.99. The fourth-order valence-corrected chi connectivity index (χ4v) is 2.81. The maximum atomic E-state index is 11.9. The van der Waals surface area contributed by atoms with Crippen molar-refractivity contribution in [3.63, 3.8) is 0 Å². The molecule has 6 heteroatoms. The first kappa shape index (κ1) is 20.1. The van der Waals surface area contributed by atoms with Crippen LogP contribution in [0.15, 0.2) is 54.7 Å². The molecule has 148 valence electrons. The van der Waals surface area contributed by atoms with Gasteiger partial charge < -0.3 is 9.47 Å². The fraction of sp³-hybridized carbons (Fsp3) is 0.174. The van der Waals surface area contributed by atoms with E-state index in [-0.39, 0.29) is 5.91 Å². The Hall–Kier alpha value is -3.67. The van der Waals surface area contributed by atoms with Crippen LogP contribution in [0.25, 0.3) is 23.4 Å². The van der Waals surface area contributed by atoms with Crippen LogP contribution in [-0.2, 0) is 4.79 Å². The van der Waals surface area contributed by atoms with Crippen molar-refractivity contribution in [1.82, 2.24) is 9.78 Å². The molecule has 0 N–H and O–H groups in total. The minimum Gasteiger partial charge on any atom is -0.494 e. The Morgan fingerprint density at radius 1 is 1.03 bits per heavy atom. The van der Waals surface area contributed by atoms with Crippen LogP contribution < -0.4 is 9.47 Å². The summed E-state index contributed by atoms with van der Waals surface area (Å²) in [5, 5.41) is 4.40. The predicted octanol–water partition coefficient (Wildman–Crippen LogP) is 4.70. The molecule has 2 aromatic carbocycles. The van der Waals surface area contributed by atoms with E-state index in [1.807, 2.05) is 49.4 Å². The van der Waals surface area contributed by atoms with Gasteiger partial charge >= 0.3 is 5.97 Å². The first-order valence-corrected chi connectivity index (χ1v) is 9.27. The average molecular weight is 390 g/mol. The van der Waals surface area contributed by atoms with Crippen LogP contribution in [-0.4, -0.2) is 28.3 Å². The Labute approximate surface area is 169 Å².